The van der Waals surface area contributed by atoms with Crippen molar-refractivity contribution in [2.75, 3.05) is 6.54 Å². The lowest BCUT2D eigenvalue weighted by Gasteiger charge is -2.09. The summed E-state index contributed by atoms with van der Waals surface area (Å²) in [5.41, 5.74) is 5.73. The van der Waals surface area contributed by atoms with E-state index in [4.69, 9.17) is 12.2 Å². The number of hydrogen-bond acceptors (Lipinski definition) is 3. The highest BCUT2D eigenvalue weighted by Gasteiger charge is 2.06. The highest BCUT2D eigenvalue weighted by Crippen LogP contribution is 2.12. The van der Waals surface area contributed by atoms with Gasteiger partial charge in [0.25, 0.3) is 5.91 Å². The number of aryl methyl sites for hydroxylation is 1. The van der Waals surface area contributed by atoms with E-state index >= 15 is 0 Å². The number of carbonyl (C=O) groups excluding carboxylic acids is 1. The molecule has 86 valence electrons. The first-order valence-electron chi connectivity index (χ1n) is 4.63. The second-order valence-corrected chi connectivity index (χ2v) is 4.55. The predicted octanol–water partition coefficient (Wildman–Crippen LogP) is 1.35. The van der Waals surface area contributed by atoms with Crippen LogP contribution in [0.3, 0.4) is 0 Å². The monoisotopic (exact) mass is 255 g/mol. The Kier molecular flexibility index (Phi) is 4.94. The topological polar surface area (TPSA) is 53.2 Å². The minimum Gasteiger partial charge on any atom is -0.358 e. The minimum atomic E-state index is -0.202. The van der Waals surface area contributed by atoms with Crippen molar-refractivity contribution in [1.29, 1.82) is 0 Å². The van der Waals surface area contributed by atoms with Gasteiger partial charge < -0.3 is 5.32 Å². The highest BCUT2D eigenvalue weighted by molar-refractivity contribution is 7.80. The molecule has 1 amide bonds. The van der Waals surface area contributed by atoms with Gasteiger partial charge in [-0.2, -0.15) is 0 Å². The Morgan fingerprint density at radius 3 is 2.94 bits per heavy atom. The van der Waals surface area contributed by atoms with Crippen LogP contribution in [0.25, 0.3) is 0 Å². The number of hydrazine groups is 1. The molecule has 3 N–H and O–H groups in total. The van der Waals surface area contributed by atoms with Crippen molar-refractivity contribution in [3.8, 4) is 0 Å². The molecule has 1 aromatic heterocycles. The zero-order valence-corrected chi connectivity index (χ0v) is 10.5. The second kappa shape index (κ2) is 6.24. The van der Waals surface area contributed by atoms with Crippen molar-refractivity contribution >= 4 is 34.6 Å². The standard InChI is InChI=1S/C10H13N3OS2/c1-3-4-11-10(15)13-12-9(14)8-5-7(2)16-6-8/h3,5-6H,1,4H2,2H3,(H,12,14)(H2,11,13,15). The minimum absolute atomic E-state index is 0.202. The molecular weight excluding hydrogens is 242 g/mol. The maximum Gasteiger partial charge on any atom is 0.270 e. The number of amides is 1. The van der Waals surface area contributed by atoms with Gasteiger partial charge in [-0.05, 0) is 25.2 Å². The van der Waals surface area contributed by atoms with Crippen LogP contribution in [0.1, 0.15) is 15.2 Å². The van der Waals surface area contributed by atoms with E-state index in [1.807, 2.05) is 13.0 Å². The molecule has 0 saturated carbocycles. The predicted molar refractivity (Wildman–Crippen MR) is 70.5 cm³/mol. The van der Waals surface area contributed by atoms with Crippen LogP contribution in [0.15, 0.2) is 24.1 Å². The van der Waals surface area contributed by atoms with E-state index < -0.39 is 0 Å². The van der Waals surface area contributed by atoms with E-state index in [0.717, 1.165) is 4.88 Å². The molecule has 16 heavy (non-hydrogen) atoms. The highest BCUT2D eigenvalue weighted by atomic mass is 32.1. The molecule has 0 aromatic carbocycles. The molecule has 1 rings (SSSR count). The molecule has 0 fully saturated rings. The van der Waals surface area contributed by atoms with Crippen LogP contribution in [0.2, 0.25) is 0 Å². The van der Waals surface area contributed by atoms with Gasteiger partial charge in [0.15, 0.2) is 5.11 Å². The number of thiocarbonyl (C=S) groups is 1. The fourth-order valence-electron chi connectivity index (χ4n) is 0.957. The molecule has 1 aromatic rings. The smallest absolute Gasteiger partial charge is 0.270 e. The van der Waals surface area contributed by atoms with E-state index in [0.29, 0.717) is 17.2 Å². The SMILES string of the molecule is C=CCNC(=S)NNC(=O)c1csc(C)c1. The molecular formula is C10H13N3OS2. The lowest BCUT2D eigenvalue weighted by molar-refractivity contribution is 0.0944. The first-order chi connectivity index (χ1) is 7.63. The average Bonchev–Trinajstić information content (AvgIpc) is 2.69. The normalized spacial score (nSPS) is 9.31. The Balaban J connectivity index is 2.35. The molecule has 4 nitrogen and oxygen atoms in total. The van der Waals surface area contributed by atoms with Gasteiger partial charge in [0, 0.05) is 16.8 Å². The Morgan fingerprint density at radius 1 is 1.62 bits per heavy atom. The maximum absolute atomic E-state index is 11.6. The zero-order valence-electron chi connectivity index (χ0n) is 8.87. The molecule has 0 aliphatic carbocycles. The molecule has 0 radical (unpaired) electrons. The number of thiophene rings is 1. The summed E-state index contributed by atoms with van der Waals surface area (Å²) in [6, 6.07) is 1.82. The van der Waals surface area contributed by atoms with Gasteiger partial charge in [0.05, 0.1) is 5.56 Å². The van der Waals surface area contributed by atoms with Crippen LogP contribution in [-0.2, 0) is 0 Å². The average molecular weight is 255 g/mol. The van der Waals surface area contributed by atoms with E-state index in [2.05, 4.69) is 22.7 Å². The van der Waals surface area contributed by atoms with Gasteiger partial charge >= 0.3 is 0 Å². The third-order valence-corrected chi connectivity index (χ3v) is 2.80. The van der Waals surface area contributed by atoms with Gasteiger partial charge in [0.2, 0.25) is 0 Å². The number of carbonyl (C=O) groups is 1. The summed E-state index contributed by atoms with van der Waals surface area (Å²) in [4.78, 5) is 12.7. The molecule has 0 spiro atoms. The van der Waals surface area contributed by atoms with Gasteiger partial charge in [-0.15, -0.1) is 17.9 Å². The third-order valence-electron chi connectivity index (χ3n) is 1.69. The van der Waals surface area contributed by atoms with Crippen molar-refractivity contribution in [2.45, 2.75) is 6.92 Å². The van der Waals surface area contributed by atoms with Crippen molar-refractivity contribution in [3.63, 3.8) is 0 Å². The summed E-state index contributed by atoms with van der Waals surface area (Å²) in [5.74, 6) is -0.202. The maximum atomic E-state index is 11.6. The first-order valence-corrected chi connectivity index (χ1v) is 5.92. The molecule has 0 saturated heterocycles. The van der Waals surface area contributed by atoms with Crippen LogP contribution in [-0.4, -0.2) is 17.6 Å². The van der Waals surface area contributed by atoms with E-state index in [1.165, 1.54) is 11.3 Å². The lowest BCUT2D eigenvalue weighted by Crippen LogP contribution is -2.46. The Labute approximate surface area is 104 Å². The van der Waals surface area contributed by atoms with Crippen molar-refractivity contribution in [3.05, 3.63) is 34.5 Å². The molecule has 0 bridgehead atoms. The third kappa shape index (κ3) is 4.00. The molecule has 0 aliphatic heterocycles. The molecule has 0 atom stereocenters. The molecule has 6 heteroatoms. The van der Waals surface area contributed by atoms with E-state index in [9.17, 15) is 4.79 Å². The summed E-state index contributed by atoms with van der Waals surface area (Å²) in [6.07, 6.45) is 1.68. The Bertz CT molecular complexity index is 401. The van der Waals surface area contributed by atoms with E-state index in [1.54, 1.807) is 11.5 Å². The lowest BCUT2D eigenvalue weighted by atomic mass is 10.3. The first kappa shape index (κ1) is 12.7. The number of hydrogen-bond donors (Lipinski definition) is 3. The molecule has 1 heterocycles. The van der Waals surface area contributed by atoms with E-state index in [-0.39, 0.29) is 5.91 Å². The van der Waals surface area contributed by atoms with Gasteiger partial charge in [-0.3, -0.25) is 15.6 Å². The van der Waals surface area contributed by atoms with Crippen LogP contribution in [0.4, 0.5) is 0 Å². The Morgan fingerprint density at radius 2 is 2.38 bits per heavy atom. The van der Waals surface area contributed by atoms with Crippen LogP contribution in [0.5, 0.6) is 0 Å². The largest absolute Gasteiger partial charge is 0.358 e. The van der Waals surface area contributed by atoms with Crippen molar-refractivity contribution in [1.82, 2.24) is 16.2 Å². The second-order valence-electron chi connectivity index (χ2n) is 3.02. The number of rotatable bonds is 3. The molecule has 0 aliphatic rings. The fourth-order valence-corrected chi connectivity index (χ4v) is 1.77. The van der Waals surface area contributed by atoms with Gasteiger partial charge in [-0.25, -0.2) is 0 Å². The zero-order chi connectivity index (χ0) is 12.0. The summed E-state index contributed by atoms with van der Waals surface area (Å²) < 4.78 is 0. The van der Waals surface area contributed by atoms with Crippen molar-refractivity contribution in [2.24, 2.45) is 0 Å². The Hall–Kier alpha value is -1.40. The summed E-state index contributed by atoms with van der Waals surface area (Å²) >= 11 is 6.44. The van der Waals surface area contributed by atoms with Gasteiger partial charge in [-0.1, -0.05) is 6.08 Å². The number of nitrogens with one attached hydrogen (secondary N) is 3. The summed E-state index contributed by atoms with van der Waals surface area (Å²) in [6.45, 7) is 6.05. The summed E-state index contributed by atoms with van der Waals surface area (Å²) in [7, 11) is 0. The fraction of sp³-hybridized carbons (Fsp3) is 0.200. The van der Waals surface area contributed by atoms with Gasteiger partial charge in [0.1, 0.15) is 0 Å². The quantitative estimate of drug-likeness (QED) is 0.433. The van der Waals surface area contributed by atoms with Crippen molar-refractivity contribution < 1.29 is 4.79 Å². The van der Waals surface area contributed by atoms with Crippen LogP contribution >= 0.6 is 23.6 Å². The molecule has 0 unspecified atom stereocenters. The summed E-state index contributed by atoms with van der Waals surface area (Å²) in [5, 5.41) is 4.99. The van der Waals surface area contributed by atoms with Crippen LogP contribution < -0.4 is 16.2 Å². The van der Waals surface area contributed by atoms with Crippen LogP contribution in [0, 0.1) is 6.92 Å².